The maximum Gasteiger partial charge on any atom is 0.241 e. The summed E-state index contributed by atoms with van der Waals surface area (Å²) in [6.07, 6.45) is 5.43. The average molecular weight is 310 g/mol. The molecule has 1 amide bonds. The zero-order valence-corrected chi connectivity index (χ0v) is 13.1. The Hall–Kier alpha value is -1.40. The van der Waals surface area contributed by atoms with Crippen molar-refractivity contribution in [2.75, 3.05) is 6.54 Å². The molecular weight excluding hydrogens is 288 g/mol. The summed E-state index contributed by atoms with van der Waals surface area (Å²) in [5.41, 5.74) is 0.865. The molecule has 1 aliphatic carbocycles. The number of rotatable bonds is 5. The predicted octanol–water partition coefficient (Wildman–Crippen LogP) is 1.72. The normalized spacial score (nSPS) is 16.6. The van der Waals surface area contributed by atoms with Gasteiger partial charge in [-0.1, -0.05) is 31.4 Å². The molecule has 0 heterocycles. The third-order valence-electron chi connectivity index (χ3n) is 3.69. The van der Waals surface area contributed by atoms with Gasteiger partial charge < -0.3 is 5.32 Å². The molecular formula is C15H22N2O3S. The van der Waals surface area contributed by atoms with E-state index in [1.807, 2.05) is 13.0 Å². The summed E-state index contributed by atoms with van der Waals surface area (Å²) >= 11 is 0. The molecule has 0 aliphatic heterocycles. The van der Waals surface area contributed by atoms with Crippen LogP contribution in [0.15, 0.2) is 29.2 Å². The second-order valence-electron chi connectivity index (χ2n) is 5.54. The van der Waals surface area contributed by atoms with Crippen LogP contribution in [0, 0.1) is 6.92 Å². The first-order valence-electron chi connectivity index (χ1n) is 7.33. The highest BCUT2D eigenvalue weighted by Crippen LogP contribution is 2.17. The summed E-state index contributed by atoms with van der Waals surface area (Å²) < 4.78 is 26.5. The zero-order chi connectivity index (χ0) is 15.3. The summed E-state index contributed by atoms with van der Waals surface area (Å²) in [5, 5.41) is 2.89. The van der Waals surface area contributed by atoms with Crippen LogP contribution in [0.5, 0.6) is 0 Å². The minimum Gasteiger partial charge on any atom is -0.352 e. The van der Waals surface area contributed by atoms with Crippen molar-refractivity contribution >= 4 is 15.9 Å². The molecule has 2 rings (SSSR count). The van der Waals surface area contributed by atoms with Crippen molar-refractivity contribution in [1.29, 1.82) is 0 Å². The number of nitrogens with one attached hydrogen (secondary N) is 2. The Morgan fingerprint density at radius 3 is 2.62 bits per heavy atom. The topological polar surface area (TPSA) is 75.3 Å². The van der Waals surface area contributed by atoms with Gasteiger partial charge in [0.15, 0.2) is 0 Å². The fraction of sp³-hybridized carbons (Fsp3) is 0.533. The van der Waals surface area contributed by atoms with Crippen molar-refractivity contribution in [1.82, 2.24) is 10.0 Å². The lowest BCUT2D eigenvalue weighted by Gasteiger charge is -2.22. The maximum absolute atomic E-state index is 12.1. The van der Waals surface area contributed by atoms with E-state index in [-0.39, 0.29) is 23.4 Å². The van der Waals surface area contributed by atoms with Gasteiger partial charge in [-0.2, -0.15) is 0 Å². The number of amides is 1. The molecule has 5 nitrogen and oxygen atoms in total. The summed E-state index contributed by atoms with van der Waals surface area (Å²) in [6, 6.07) is 6.81. The smallest absolute Gasteiger partial charge is 0.241 e. The lowest BCUT2D eigenvalue weighted by Crippen LogP contribution is -2.42. The van der Waals surface area contributed by atoms with Crippen molar-refractivity contribution in [2.24, 2.45) is 0 Å². The third kappa shape index (κ3) is 4.82. The van der Waals surface area contributed by atoms with Crippen LogP contribution in [-0.4, -0.2) is 26.9 Å². The molecule has 116 valence electrons. The monoisotopic (exact) mass is 310 g/mol. The summed E-state index contributed by atoms with van der Waals surface area (Å²) in [7, 11) is -3.63. The number of benzene rings is 1. The van der Waals surface area contributed by atoms with Crippen LogP contribution in [-0.2, 0) is 14.8 Å². The van der Waals surface area contributed by atoms with Crippen LogP contribution < -0.4 is 10.0 Å². The van der Waals surface area contributed by atoms with Crippen molar-refractivity contribution < 1.29 is 13.2 Å². The Labute approximate surface area is 126 Å². The van der Waals surface area contributed by atoms with Gasteiger partial charge in [-0.05, 0) is 37.5 Å². The molecule has 1 aliphatic rings. The fourth-order valence-corrected chi connectivity index (χ4v) is 3.64. The van der Waals surface area contributed by atoms with Crippen molar-refractivity contribution in [3.05, 3.63) is 29.8 Å². The van der Waals surface area contributed by atoms with Crippen molar-refractivity contribution in [3.63, 3.8) is 0 Å². The number of sulfonamides is 1. The number of carbonyl (C=O) groups excluding carboxylic acids is 1. The van der Waals surface area contributed by atoms with Crippen LogP contribution in [0.4, 0.5) is 0 Å². The van der Waals surface area contributed by atoms with Crippen LogP contribution in [0.1, 0.15) is 37.7 Å². The van der Waals surface area contributed by atoms with Gasteiger partial charge in [-0.3, -0.25) is 4.79 Å². The lowest BCUT2D eigenvalue weighted by molar-refractivity contribution is -0.120. The standard InChI is InChI=1S/C15H22N2O3S/c1-12-6-5-9-14(10-12)21(19,20)16-11-15(18)17-13-7-3-2-4-8-13/h5-6,9-10,13,16H,2-4,7-8,11H2,1H3,(H,17,18). The third-order valence-corrected chi connectivity index (χ3v) is 5.09. The summed E-state index contributed by atoms with van der Waals surface area (Å²) in [5.74, 6) is -0.266. The van der Waals surface area contributed by atoms with Gasteiger partial charge >= 0.3 is 0 Å². The molecule has 0 saturated heterocycles. The van der Waals surface area contributed by atoms with Crippen LogP contribution in [0.3, 0.4) is 0 Å². The Morgan fingerprint density at radius 1 is 1.24 bits per heavy atom. The minimum atomic E-state index is -3.63. The highest BCUT2D eigenvalue weighted by molar-refractivity contribution is 7.89. The molecule has 0 radical (unpaired) electrons. The molecule has 0 atom stereocenters. The second-order valence-corrected chi connectivity index (χ2v) is 7.31. The van der Waals surface area contributed by atoms with Gasteiger partial charge in [-0.15, -0.1) is 0 Å². The van der Waals surface area contributed by atoms with Crippen LogP contribution in [0.2, 0.25) is 0 Å². The van der Waals surface area contributed by atoms with Gasteiger partial charge in [0.2, 0.25) is 15.9 Å². The molecule has 0 aromatic heterocycles. The fourth-order valence-electron chi connectivity index (χ4n) is 2.55. The van der Waals surface area contributed by atoms with E-state index >= 15 is 0 Å². The lowest BCUT2D eigenvalue weighted by atomic mass is 9.95. The van der Waals surface area contributed by atoms with E-state index in [4.69, 9.17) is 0 Å². The number of carbonyl (C=O) groups is 1. The van der Waals surface area contributed by atoms with Gasteiger partial charge in [-0.25, -0.2) is 13.1 Å². The van der Waals surface area contributed by atoms with E-state index in [0.29, 0.717) is 0 Å². The molecule has 1 saturated carbocycles. The first-order chi connectivity index (χ1) is 9.97. The molecule has 0 unspecified atom stereocenters. The molecule has 2 N–H and O–H groups in total. The maximum atomic E-state index is 12.1. The molecule has 6 heteroatoms. The predicted molar refractivity (Wildman–Crippen MR) is 81.4 cm³/mol. The molecule has 0 bridgehead atoms. The highest BCUT2D eigenvalue weighted by Gasteiger charge is 2.18. The van der Waals surface area contributed by atoms with Gasteiger partial charge in [0.05, 0.1) is 11.4 Å². The van der Waals surface area contributed by atoms with Gasteiger partial charge in [0.1, 0.15) is 0 Å². The molecule has 1 aromatic rings. The van der Waals surface area contributed by atoms with E-state index in [2.05, 4.69) is 10.0 Å². The Balaban J connectivity index is 1.87. The van der Waals surface area contributed by atoms with Gasteiger partial charge in [0.25, 0.3) is 0 Å². The summed E-state index contributed by atoms with van der Waals surface area (Å²) in [6.45, 7) is 1.61. The van der Waals surface area contributed by atoms with E-state index in [1.54, 1.807) is 12.1 Å². The molecule has 21 heavy (non-hydrogen) atoms. The van der Waals surface area contributed by atoms with Crippen LogP contribution in [0.25, 0.3) is 0 Å². The Kier molecular flexibility index (Phi) is 5.36. The number of hydrogen-bond donors (Lipinski definition) is 2. The van der Waals surface area contributed by atoms with Crippen molar-refractivity contribution in [3.8, 4) is 0 Å². The quantitative estimate of drug-likeness (QED) is 0.869. The first kappa shape index (κ1) is 16.0. The highest BCUT2D eigenvalue weighted by atomic mass is 32.2. The molecule has 1 aromatic carbocycles. The summed E-state index contributed by atoms with van der Waals surface area (Å²) in [4.78, 5) is 12.0. The Bertz CT molecular complexity index is 593. The Morgan fingerprint density at radius 2 is 1.95 bits per heavy atom. The van der Waals surface area contributed by atoms with Crippen LogP contribution >= 0.6 is 0 Å². The largest absolute Gasteiger partial charge is 0.352 e. The number of hydrogen-bond acceptors (Lipinski definition) is 3. The van der Waals surface area contributed by atoms with Gasteiger partial charge in [0, 0.05) is 6.04 Å². The van der Waals surface area contributed by atoms with E-state index in [9.17, 15) is 13.2 Å². The van der Waals surface area contributed by atoms with E-state index in [0.717, 1.165) is 31.2 Å². The first-order valence-corrected chi connectivity index (χ1v) is 8.81. The van der Waals surface area contributed by atoms with E-state index in [1.165, 1.54) is 12.5 Å². The molecule has 1 fully saturated rings. The van der Waals surface area contributed by atoms with Crippen molar-refractivity contribution in [2.45, 2.75) is 50.0 Å². The zero-order valence-electron chi connectivity index (χ0n) is 12.3. The molecule has 0 spiro atoms. The minimum absolute atomic E-state index is 0.188. The average Bonchev–Trinajstić information content (AvgIpc) is 2.46. The SMILES string of the molecule is Cc1cccc(S(=O)(=O)NCC(=O)NC2CCCCC2)c1. The second kappa shape index (κ2) is 7.04. The van der Waals surface area contributed by atoms with E-state index < -0.39 is 10.0 Å². The number of aryl methyl sites for hydroxylation is 1.